The molecular formula is C37H43N5O6. The molecule has 0 aliphatic carbocycles. The fourth-order valence-corrected chi connectivity index (χ4v) is 7.30. The number of nitrogens with zero attached hydrogens (tertiary/aromatic N) is 3. The molecule has 11 nitrogen and oxygen atoms in total. The van der Waals surface area contributed by atoms with Gasteiger partial charge in [-0.3, -0.25) is 4.79 Å². The van der Waals surface area contributed by atoms with E-state index >= 15 is 0 Å². The number of aliphatic hydroxyl groups is 3. The van der Waals surface area contributed by atoms with Crippen molar-refractivity contribution in [3.8, 4) is 22.9 Å². The van der Waals surface area contributed by atoms with Gasteiger partial charge in [0, 0.05) is 23.4 Å². The highest BCUT2D eigenvalue weighted by Gasteiger charge is 2.41. The third-order valence-electron chi connectivity index (χ3n) is 9.84. The first-order chi connectivity index (χ1) is 23.2. The van der Waals surface area contributed by atoms with Crippen molar-refractivity contribution in [2.75, 3.05) is 33.4 Å². The fourth-order valence-electron chi connectivity index (χ4n) is 7.30. The molecule has 11 heteroatoms. The highest BCUT2D eigenvalue weighted by Crippen LogP contribution is 2.44. The first-order valence-electron chi connectivity index (χ1n) is 16.7. The van der Waals surface area contributed by atoms with E-state index in [0.717, 1.165) is 48.0 Å². The lowest BCUT2D eigenvalue weighted by molar-refractivity contribution is -0.119. The molecule has 0 saturated carbocycles. The van der Waals surface area contributed by atoms with Crippen LogP contribution in [0.25, 0.3) is 33.2 Å². The number of aromatic nitrogens is 3. The summed E-state index contributed by atoms with van der Waals surface area (Å²) >= 11 is 0. The van der Waals surface area contributed by atoms with Crippen LogP contribution in [0.15, 0.2) is 65.6 Å². The van der Waals surface area contributed by atoms with Crippen molar-refractivity contribution in [2.24, 2.45) is 0 Å². The summed E-state index contributed by atoms with van der Waals surface area (Å²) in [6.07, 6.45) is 1.07. The van der Waals surface area contributed by atoms with Crippen LogP contribution >= 0.6 is 0 Å². The number of hydrogen-bond acceptors (Lipinski definition) is 9. The number of aliphatic hydroxyl groups excluding tert-OH is 3. The molecule has 2 aliphatic heterocycles. The van der Waals surface area contributed by atoms with Gasteiger partial charge in [-0.15, -0.1) is 0 Å². The number of aromatic amines is 2. The van der Waals surface area contributed by atoms with E-state index in [1.807, 2.05) is 62.4 Å². The lowest BCUT2D eigenvalue weighted by atomic mass is 9.92. The molecule has 4 unspecified atom stereocenters. The number of imidazole rings is 1. The molecule has 48 heavy (non-hydrogen) atoms. The molecule has 4 heterocycles. The number of hydrogen-bond donors (Lipinski definition) is 5. The molecule has 0 radical (unpaired) electrons. The van der Waals surface area contributed by atoms with Crippen molar-refractivity contribution in [1.29, 1.82) is 0 Å². The van der Waals surface area contributed by atoms with Crippen molar-refractivity contribution in [3.05, 3.63) is 87.8 Å². The second-order valence-electron chi connectivity index (χ2n) is 13.2. The third kappa shape index (κ3) is 6.20. The van der Waals surface area contributed by atoms with Gasteiger partial charge in [0.15, 0.2) is 0 Å². The molecule has 7 rings (SSSR count). The number of benzene rings is 3. The van der Waals surface area contributed by atoms with Gasteiger partial charge < -0.3 is 39.7 Å². The summed E-state index contributed by atoms with van der Waals surface area (Å²) in [5, 5.41) is 35.6. The zero-order valence-corrected chi connectivity index (χ0v) is 27.5. The summed E-state index contributed by atoms with van der Waals surface area (Å²) in [6, 6.07) is 17.3. The van der Waals surface area contributed by atoms with Crippen LogP contribution < -0.4 is 15.0 Å². The molecule has 2 aromatic heterocycles. The maximum Gasteiger partial charge on any atom is 0.259 e. The highest BCUT2D eigenvalue weighted by atomic mass is 16.5. The number of piperidine rings is 1. The van der Waals surface area contributed by atoms with Crippen LogP contribution in [0.3, 0.4) is 0 Å². The molecule has 3 aromatic carbocycles. The minimum absolute atomic E-state index is 0.0788. The second kappa shape index (κ2) is 13.3. The fraction of sp³-hybridized carbons (Fsp3) is 0.405. The van der Waals surface area contributed by atoms with Gasteiger partial charge in [-0.2, -0.15) is 0 Å². The van der Waals surface area contributed by atoms with Gasteiger partial charge in [0.25, 0.3) is 5.56 Å². The number of pyridine rings is 1. The Morgan fingerprint density at radius 2 is 1.62 bits per heavy atom. The first-order valence-corrected chi connectivity index (χ1v) is 16.7. The van der Waals surface area contributed by atoms with Crippen molar-refractivity contribution in [3.63, 3.8) is 0 Å². The Labute approximate surface area is 278 Å². The average Bonchev–Trinajstić information content (AvgIpc) is 3.60. The van der Waals surface area contributed by atoms with Crippen LogP contribution in [0.1, 0.15) is 68.2 Å². The molecule has 1 saturated heterocycles. The topological polar surface area (TPSA) is 147 Å². The molecule has 252 valence electrons. The number of ether oxygens (including phenoxy) is 2. The van der Waals surface area contributed by atoms with Crippen LogP contribution in [0.5, 0.6) is 11.5 Å². The second-order valence-corrected chi connectivity index (χ2v) is 13.2. The Balaban J connectivity index is 1.07. The zero-order valence-electron chi connectivity index (χ0n) is 27.5. The molecule has 0 amide bonds. The van der Waals surface area contributed by atoms with Gasteiger partial charge in [0.05, 0.1) is 29.3 Å². The smallest absolute Gasteiger partial charge is 0.259 e. The molecule has 0 bridgehead atoms. The molecule has 5 aromatic rings. The number of H-pyrrole nitrogens is 2. The predicted molar refractivity (Wildman–Crippen MR) is 184 cm³/mol. The van der Waals surface area contributed by atoms with Gasteiger partial charge in [-0.05, 0) is 111 Å². The van der Waals surface area contributed by atoms with E-state index in [0.29, 0.717) is 52.3 Å². The van der Waals surface area contributed by atoms with E-state index in [9.17, 15) is 20.1 Å². The van der Waals surface area contributed by atoms with Gasteiger partial charge >= 0.3 is 0 Å². The van der Waals surface area contributed by atoms with Crippen molar-refractivity contribution < 1.29 is 24.8 Å². The minimum Gasteiger partial charge on any atom is -0.494 e. The summed E-state index contributed by atoms with van der Waals surface area (Å²) in [6.45, 7) is 6.46. The van der Waals surface area contributed by atoms with Crippen LogP contribution in [-0.4, -0.2) is 85.6 Å². The summed E-state index contributed by atoms with van der Waals surface area (Å²) in [5.41, 5.74) is 3.38. The van der Waals surface area contributed by atoms with E-state index in [1.54, 1.807) is 17.2 Å². The average molecular weight is 654 g/mol. The van der Waals surface area contributed by atoms with Gasteiger partial charge in [-0.25, -0.2) is 9.88 Å². The van der Waals surface area contributed by atoms with Crippen LogP contribution in [0.4, 0.5) is 0 Å². The summed E-state index contributed by atoms with van der Waals surface area (Å²) in [7, 11) is 2.08. The largest absolute Gasteiger partial charge is 0.494 e. The Bertz CT molecular complexity index is 1940. The number of likely N-dealkylation sites (tertiary alicyclic amines) is 1. The van der Waals surface area contributed by atoms with E-state index in [1.165, 1.54) is 0 Å². The first kappa shape index (κ1) is 32.3. The van der Waals surface area contributed by atoms with Gasteiger partial charge in [-0.1, -0.05) is 19.1 Å². The molecule has 4 atom stereocenters. The summed E-state index contributed by atoms with van der Waals surface area (Å²) in [5.74, 6) is 1.68. The van der Waals surface area contributed by atoms with Crippen molar-refractivity contribution in [2.45, 2.75) is 63.6 Å². The van der Waals surface area contributed by atoms with E-state index in [-0.39, 0.29) is 24.1 Å². The number of rotatable bonds is 10. The quantitative estimate of drug-likeness (QED) is 0.144. The lowest BCUT2D eigenvalue weighted by Crippen LogP contribution is -2.44. The monoisotopic (exact) mass is 653 g/mol. The highest BCUT2D eigenvalue weighted by molar-refractivity contribution is 5.85. The molecule has 2 aliphatic rings. The lowest BCUT2D eigenvalue weighted by Gasteiger charge is -2.38. The van der Waals surface area contributed by atoms with Crippen molar-refractivity contribution in [1.82, 2.24) is 24.8 Å². The molecule has 5 N–H and O–H groups in total. The minimum atomic E-state index is -0.935. The van der Waals surface area contributed by atoms with Crippen molar-refractivity contribution >= 4 is 21.8 Å². The standard InChI is InChI=1S/C37H43N5O6/c1-4-47-26-7-5-23-17-27(8-6-22(23)16-26)48-20-25(43)15-21(2)28-9-12-38-35(44)33(28)34-39-31-18-29-30(19-32(31)40-34)37(46)42(36(29)45)24-10-13-41(3)14-11-24/h5-9,12,16-19,21,24-25,36-37,43,45-46H,4,10-11,13-15,20H2,1-3H3,(H,38,44)(H,39,40). The van der Waals surface area contributed by atoms with Crippen LogP contribution in [0, 0.1) is 0 Å². The maximum absolute atomic E-state index is 13.2. The maximum atomic E-state index is 13.2. The predicted octanol–water partition coefficient (Wildman–Crippen LogP) is 4.80. The SMILES string of the molecule is CCOc1ccc2cc(OCC(O)CC(C)c3cc[nH]c(=O)c3-c3nc4cc5c(cc4[nH]3)C(O)N(C3CCN(C)CC3)C5O)ccc2c1. The Morgan fingerprint density at radius 1 is 0.958 bits per heavy atom. The van der Waals surface area contributed by atoms with E-state index in [4.69, 9.17) is 14.5 Å². The molecule has 1 fully saturated rings. The normalized spacial score (nSPS) is 20.3. The Morgan fingerprint density at radius 3 is 2.31 bits per heavy atom. The van der Waals surface area contributed by atoms with Crippen LogP contribution in [0.2, 0.25) is 0 Å². The molecule has 0 spiro atoms. The Hall–Kier alpha value is -4.26. The van der Waals surface area contributed by atoms with Gasteiger partial charge in [0.2, 0.25) is 0 Å². The number of fused-ring (bicyclic) bond motifs is 3. The number of nitrogens with one attached hydrogen (secondary N) is 2. The summed E-state index contributed by atoms with van der Waals surface area (Å²) < 4.78 is 11.6. The van der Waals surface area contributed by atoms with E-state index in [2.05, 4.69) is 21.9 Å². The molecular weight excluding hydrogens is 610 g/mol. The van der Waals surface area contributed by atoms with Crippen LogP contribution in [-0.2, 0) is 0 Å². The summed E-state index contributed by atoms with van der Waals surface area (Å²) in [4.78, 5) is 28.1. The van der Waals surface area contributed by atoms with E-state index < -0.39 is 18.6 Å². The third-order valence-corrected chi connectivity index (χ3v) is 9.84. The van der Waals surface area contributed by atoms with Gasteiger partial charge in [0.1, 0.15) is 36.4 Å². The Kier molecular flexibility index (Phi) is 8.97. The zero-order chi connectivity index (χ0) is 33.5.